The maximum atomic E-state index is 11.4. The minimum absolute atomic E-state index is 0.161. The number of amides is 1. The van der Waals surface area contributed by atoms with Gasteiger partial charge in [-0.15, -0.1) is 0 Å². The van der Waals surface area contributed by atoms with Gasteiger partial charge < -0.3 is 4.90 Å². The molecule has 1 aromatic rings. The Labute approximate surface area is 109 Å². The third-order valence-electron chi connectivity index (χ3n) is 3.07. The first kappa shape index (κ1) is 14.7. The van der Waals surface area contributed by atoms with Crippen LogP contribution >= 0.6 is 0 Å². The highest BCUT2D eigenvalue weighted by atomic mass is 16.2. The highest BCUT2D eigenvalue weighted by Gasteiger charge is 2.13. The van der Waals surface area contributed by atoms with E-state index in [4.69, 9.17) is 5.84 Å². The van der Waals surface area contributed by atoms with Crippen LogP contribution in [0, 0.1) is 0 Å². The van der Waals surface area contributed by atoms with E-state index in [9.17, 15) is 4.79 Å². The van der Waals surface area contributed by atoms with E-state index in [2.05, 4.69) is 36.4 Å². The molecule has 0 heterocycles. The molecular formula is C14H23N3O. The van der Waals surface area contributed by atoms with Crippen molar-refractivity contribution in [1.29, 1.82) is 0 Å². The smallest absolute Gasteiger partial charge is 0.241 e. The molecule has 1 unspecified atom stereocenters. The van der Waals surface area contributed by atoms with Crippen molar-refractivity contribution in [3.8, 4) is 0 Å². The molecule has 0 aliphatic heterocycles. The lowest BCUT2D eigenvalue weighted by Gasteiger charge is -2.16. The fourth-order valence-electron chi connectivity index (χ4n) is 1.96. The molecule has 4 nitrogen and oxygen atoms in total. The van der Waals surface area contributed by atoms with Gasteiger partial charge in [-0.05, 0) is 38.1 Å². The summed E-state index contributed by atoms with van der Waals surface area (Å²) in [5.41, 5.74) is 4.42. The van der Waals surface area contributed by atoms with E-state index in [0.717, 1.165) is 25.1 Å². The highest BCUT2D eigenvalue weighted by molar-refractivity contribution is 5.82. The van der Waals surface area contributed by atoms with E-state index in [0.29, 0.717) is 0 Å². The predicted molar refractivity (Wildman–Crippen MR) is 73.8 cm³/mol. The normalized spacial score (nSPS) is 12.5. The van der Waals surface area contributed by atoms with Crippen LogP contribution in [0.1, 0.15) is 37.3 Å². The molecule has 0 aromatic heterocycles. The Bertz CT molecular complexity index is 375. The standard InChI is InChI=1S/C14H23N3O/c1-4-9-17(3)10-12-5-7-13(8-6-12)11(2)14(18)16-15/h5-8,11H,4,9-10,15H2,1-3H3,(H,16,18). The summed E-state index contributed by atoms with van der Waals surface area (Å²) in [7, 11) is 2.11. The monoisotopic (exact) mass is 249 g/mol. The van der Waals surface area contributed by atoms with Crippen molar-refractivity contribution in [2.45, 2.75) is 32.7 Å². The largest absolute Gasteiger partial charge is 0.302 e. The lowest BCUT2D eigenvalue weighted by atomic mass is 9.99. The summed E-state index contributed by atoms with van der Waals surface area (Å²) >= 11 is 0. The van der Waals surface area contributed by atoms with Gasteiger partial charge in [0.1, 0.15) is 0 Å². The van der Waals surface area contributed by atoms with Crippen LogP contribution in [0.25, 0.3) is 0 Å². The zero-order valence-electron chi connectivity index (χ0n) is 11.4. The van der Waals surface area contributed by atoms with Crippen LogP contribution in [0.2, 0.25) is 0 Å². The number of rotatable bonds is 6. The Morgan fingerprint density at radius 2 is 2.00 bits per heavy atom. The molecule has 0 radical (unpaired) electrons. The van der Waals surface area contributed by atoms with Crippen LogP contribution in [-0.4, -0.2) is 24.4 Å². The first-order valence-electron chi connectivity index (χ1n) is 6.36. The van der Waals surface area contributed by atoms with Crippen molar-refractivity contribution in [1.82, 2.24) is 10.3 Å². The van der Waals surface area contributed by atoms with E-state index in [1.54, 1.807) is 0 Å². The van der Waals surface area contributed by atoms with Gasteiger partial charge in [0.05, 0.1) is 5.92 Å². The Morgan fingerprint density at radius 1 is 1.39 bits per heavy atom. The Hall–Kier alpha value is -1.39. The maximum Gasteiger partial charge on any atom is 0.241 e. The topological polar surface area (TPSA) is 58.4 Å². The molecular weight excluding hydrogens is 226 g/mol. The molecule has 100 valence electrons. The van der Waals surface area contributed by atoms with Crippen molar-refractivity contribution in [3.63, 3.8) is 0 Å². The number of benzene rings is 1. The van der Waals surface area contributed by atoms with Crippen LogP contribution in [0.3, 0.4) is 0 Å². The molecule has 1 amide bonds. The first-order valence-corrected chi connectivity index (χ1v) is 6.36. The average Bonchev–Trinajstić information content (AvgIpc) is 2.38. The van der Waals surface area contributed by atoms with Gasteiger partial charge >= 0.3 is 0 Å². The second-order valence-electron chi connectivity index (χ2n) is 4.71. The molecule has 18 heavy (non-hydrogen) atoms. The number of hydrazine groups is 1. The van der Waals surface area contributed by atoms with E-state index in [1.165, 1.54) is 5.56 Å². The van der Waals surface area contributed by atoms with Crippen LogP contribution in [0.5, 0.6) is 0 Å². The van der Waals surface area contributed by atoms with Crippen molar-refractivity contribution >= 4 is 5.91 Å². The molecule has 0 aliphatic carbocycles. The van der Waals surface area contributed by atoms with Gasteiger partial charge in [-0.25, -0.2) is 5.84 Å². The molecule has 0 aliphatic rings. The average molecular weight is 249 g/mol. The third-order valence-corrected chi connectivity index (χ3v) is 3.07. The van der Waals surface area contributed by atoms with Gasteiger partial charge in [0.25, 0.3) is 0 Å². The maximum absolute atomic E-state index is 11.4. The van der Waals surface area contributed by atoms with E-state index >= 15 is 0 Å². The van der Waals surface area contributed by atoms with Gasteiger partial charge in [-0.1, -0.05) is 31.2 Å². The van der Waals surface area contributed by atoms with E-state index in [-0.39, 0.29) is 11.8 Å². The number of nitrogens with zero attached hydrogens (tertiary/aromatic N) is 1. The summed E-state index contributed by atoms with van der Waals surface area (Å²) in [6, 6.07) is 8.13. The zero-order chi connectivity index (χ0) is 13.5. The first-order chi connectivity index (χ1) is 8.58. The number of hydrogen-bond acceptors (Lipinski definition) is 3. The van der Waals surface area contributed by atoms with Crippen molar-refractivity contribution < 1.29 is 4.79 Å². The van der Waals surface area contributed by atoms with Crippen LogP contribution in [-0.2, 0) is 11.3 Å². The summed E-state index contributed by atoms with van der Waals surface area (Å²) in [5, 5.41) is 0. The molecule has 1 aromatic carbocycles. The van der Waals surface area contributed by atoms with Crippen LogP contribution < -0.4 is 11.3 Å². The van der Waals surface area contributed by atoms with Gasteiger partial charge in [-0.3, -0.25) is 10.2 Å². The lowest BCUT2D eigenvalue weighted by molar-refractivity contribution is -0.122. The number of carbonyl (C=O) groups excluding carboxylic acids is 1. The quantitative estimate of drug-likeness (QED) is 0.457. The van der Waals surface area contributed by atoms with Crippen molar-refractivity contribution in [3.05, 3.63) is 35.4 Å². The summed E-state index contributed by atoms with van der Waals surface area (Å²) in [6.45, 7) is 6.05. The molecule has 0 bridgehead atoms. The van der Waals surface area contributed by atoms with Gasteiger partial charge in [0, 0.05) is 6.54 Å². The third kappa shape index (κ3) is 4.13. The lowest BCUT2D eigenvalue weighted by Crippen LogP contribution is -2.33. The minimum Gasteiger partial charge on any atom is -0.302 e. The number of hydrogen-bond donors (Lipinski definition) is 2. The molecule has 1 atom stereocenters. The Kier molecular flexibility index (Phi) is 5.82. The summed E-state index contributed by atoms with van der Waals surface area (Å²) in [4.78, 5) is 13.7. The minimum atomic E-state index is -0.211. The molecule has 1 rings (SSSR count). The van der Waals surface area contributed by atoms with Crippen LogP contribution in [0.15, 0.2) is 24.3 Å². The zero-order valence-corrected chi connectivity index (χ0v) is 11.4. The Balaban J connectivity index is 2.65. The fourth-order valence-corrected chi connectivity index (χ4v) is 1.96. The molecule has 0 fully saturated rings. The Morgan fingerprint density at radius 3 is 2.50 bits per heavy atom. The van der Waals surface area contributed by atoms with Crippen molar-refractivity contribution in [2.24, 2.45) is 5.84 Å². The fraction of sp³-hybridized carbons (Fsp3) is 0.500. The van der Waals surface area contributed by atoms with Gasteiger partial charge in [0.15, 0.2) is 0 Å². The SMILES string of the molecule is CCCN(C)Cc1ccc(C(C)C(=O)NN)cc1. The molecule has 3 N–H and O–H groups in total. The second kappa shape index (κ2) is 7.13. The second-order valence-corrected chi connectivity index (χ2v) is 4.71. The van der Waals surface area contributed by atoms with E-state index in [1.807, 2.05) is 19.1 Å². The van der Waals surface area contributed by atoms with Crippen LogP contribution in [0.4, 0.5) is 0 Å². The predicted octanol–water partition coefficient (Wildman–Crippen LogP) is 1.62. The molecule has 0 spiro atoms. The molecule has 0 saturated heterocycles. The van der Waals surface area contributed by atoms with Crippen molar-refractivity contribution in [2.75, 3.05) is 13.6 Å². The van der Waals surface area contributed by atoms with Gasteiger partial charge in [-0.2, -0.15) is 0 Å². The highest BCUT2D eigenvalue weighted by Crippen LogP contribution is 2.16. The summed E-state index contributed by atoms with van der Waals surface area (Å²) in [5.74, 6) is 4.76. The summed E-state index contributed by atoms with van der Waals surface area (Å²) in [6.07, 6.45) is 1.16. The number of nitrogens with one attached hydrogen (secondary N) is 1. The summed E-state index contributed by atoms with van der Waals surface area (Å²) < 4.78 is 0. The van der Waals surface area contributed by atoms with Gasteiger partial charge in [0.2, 0.25) is 5.91 Å². The number of carbonyl (C=O) groups is 1. The molecule has 0 saturated carbocycles. The van der Waals surface area contributed by atoms with E-state index < -0.39 is 0 Å². The number of nitrogens with two attached hydrogens (primary N) is 1. The molecule has 4 heteroatoms.